The lowest BCUT2D eigenvalue weighted by Gasteiger charge is -2.00. The van der Waals surface area contributed by atoms with Crippen LogP contribution in [0.1, 0.15) is 11.1 Å². The second-order valence-corrected chi connectivity index (χ2v) is 3.79. The predicted octanol–water partition coefficient (Wildman–Crippen LogP) is 4.09. The van der Waals surface area contributed by atoms with E-state index in [-0.39, 0.29) is 0 Å². The van der Waals surface area contributed by atoms with Crippen molar-refractivity contribution in [2.75, 3.05) is 7.11 Å². The Morgan fingerprint density at radius 2 is 1.78 bits per heavy atom. The van der Waals surface area contributed by atoms with Crippen LogP contribution in [0.15, 0.2) is 60.1 Å². The quantitative estimate of drug-likeness (QED) is 0.734. The van der Waals surface area contributed by atoms with E-state index in [1.807, 2.05) is 54.7 Å². The van der Waals surface area contributed by atoms with Gasteiger partial charge in [-0.3, -0.25) is 4.99 Å². The van der Waals surface area contributed by atoms with Gasteiger partial charge in [-0.2, -0.15) is 0 Å². The van der Waals surface area contributed by atoms with Crippen molar-refractivity contribution in [1.29, 1.82) is 0 Å². The highest BCUT2D eigenvalue weighted by atomic mass is 16.5. The van der Waals surface area contributed by atoms with Crippen LogP contribution in [-0.4, -0.2) is 13.3 Å². The molecule has 2 rings (SSSR count). The van der Waals surface area contributed by atoms with Crippen LogP contribution in [0.2, 0.25) is 0 Å². The minimum atomic E-state index is 0.846. The summed E-state index contributed by atoms with van der Waals surface area (Å²) in [5.41, 5.74) is 2.99. The van der Waals surface area contributed by atoms with E-state index in [0.29, 0.717) is 0 Å². The highest BCUT2D eigenvalue weighted by molar-refractivity contribution is 5.83. The van der Waals surface area contributed by atoms with Gasteiger partial charge in [0.2, 0.25) is 0 Å². The number of para-hydroxylation sites is 1. The third kappa shape index (κ3) is 2.86. The Morgan fingerprint density at radius 3 is 2.44 bits per heavy atom. The first-order valence-corrected chi connectivity index (χ1v) is 5.73. The summed E-state index contributed by atoms with van der Waals surface area (Å²) in [5.74, 6) is 0.846. The smallest absolute Gasteiger partial charge is 0.118 e. The lowest BCUT2D eigenvalue weighted by atomic mass is 10.2. The van der Waals surface area contributed by atoms with Gasteiger partial charge >= 0.3 is 0 Å². The van der Waals surface area contributed by atoms with E-state index >= 15 is 0 Å². The molecule has 0 bridgehead atoms. The van der Waals surface area contributed by atoms with Gasteiger partial charge in [-0.1, -0.05) is 30.9 Å². The van der Waals surface area contributed by atoms with Crippen molar-refractivity contribution >= 4 is 18.0 Å². The molecule has 0 heterocycles. The fraction of sp³-hybridized carbons (Fsp3) is 0.0625. The molecule has 0 aliphatic heterocycles. The second kappa shape index (κ2) is 5.82. The maximum Gasteiger partial charge on any atom is 0.118 e. The summed E-state index contributed by atoms with van der Waals surface area (Å²) >= 11 is 0. The zero-order valence-electron chi connectivity index (χ0n) is 10.3. The van der Waals surface area contributed by atoms with Gasteiger partial charge in [0.05, 0.1) is 12.8 Å². The molecule has 18 heavy (non-hydrogen) atoms. The third-order valence-electron chi connectivity index (χ3n) is 2.63. The molecule has 2 aromatic rings. The zero-order valence-corrected chi connectivity index (χ0v) is 10.3. The minimum Gasteiger partial charge on any atom is -0.497 e. The fourth-order valence-electron chi connectivity index (χ4n) is 1.61. The molecule has 90 valence electrons. The summed E-state index contributed by atoms with van der Waals surface area (Å²) in [5, 5.41) is 0. The van der Waals surface area contributed by atoms with Crippen molar-refractivity contribution in [3.8, 4) is 5.75 Å². The summed E-state index contributed by atoms with van der Waals surface area (Å²) < 4.78 is 5.11. The van der Waals surface area contributed by atoms with Crippen LogP contribution in [0.3, 0.4) is 0 Å². The monoisotopic (exact) mass is 237 g/mol. The molecule has 0 radical (unpaired) electrons. The van der Waals surface area contributed by atoms with Crippen LogP contribution < -0.4 is 4.74 Å². The topological polar surface area (TPSA) is 21.6 Å². The van der Waals surface area contributed by atoms with E-state index < -0.39 is 0 Å². The largest absolute Gasteiger partial charge is 0.497 e. The van der Waals surface area contributed by atoms with E-state index in [2.05, 4.69) is 11.6 Å². The molecule has 0 unspecified atom stereocenters. The van der Waals surface area contributed by atoms with Gasteiger partial charge in [-0.15, -0.1) is 0 Å². The van der Waals surface area contributed by atoms with E-state index in [4.69, 9.17) is 4.74 Å². The van der Waals surface area contributed by atoms with Crippen LogP contribution in [0.25, 0.3) is 6.08 Å². The van der Waals surface area contributed by atoms with Gasteiger partial charge in [0.25, 0.3) is 0 Å². The Morgan fingerprint density at radius 1 is 1.06 bits per heavy atom. The molecule has 2 heteroatoms. The SMILES string of the molecule is C=Cc1ccccc1N=Cc1ccc(OC)cc1. The van der Waals surface area contributed by atoms with Gasteiger partial charge in [-0.05, 0) is 41.5 Å². The zero-order chi connectivity index (χ0) is 12.8. The molecule has 0 saturated carbocycles. The molecule has 2 aromatic carbocycles. The van der Waals surface area contributed by atoms with E-state index in [1.165, 1.54) is 0 Å². The lowest BCUT2D eigenvalue weighted by Crippen LogP contribution is -1.84. The maximum absolute atomic E-state index is 5.11. The normalized spacial score (nSPS) is 10.5. The molecule has 0 spiro atoms. The first-order valence-electron chi connectivity index (χ1n) is 5.73. The van der Waals surface area contributed by atoms with Crippen molar-refractivity contribution in [3.05, 3.63) is 66.2 Å². The van der Waals surface area contributed by atoms with Crippen molar-refractivity contribution < 1.29 is 4.74 Å². The van der Waals surface area contributed by atoms with Crippen molar-refractivity contribution in [1.82, 2.24) is 0 Å². The number of benzene rings is 2. The van der Waals surface area contributed by atoms with Gasteiger partial charge in [0.15, 0.2) is 0 Å². The summed E-state index contributed by atoms with van der Waals surface area (Å²) in [7, 11) is 1.66. The molecule has 0 aliphatic rings. The number of hydrogen-bond acceptors (Lipinski definition) is 2. The van der Waals surface area contributed by atoms with Crippen molar-refractivity contribution in [2.24, 2.45) is 4.99 Å². The lowest BCUT2D eigenvalue weighted by molar-refractivity contribution is 0.415. The molecule has 0 atom stereocenters. The number of aliphatic imine (C=N–C) groups is 1. The summed E-state index contributed by atoms with van der Waals surface area (Å²) in [6, 6.07) is 15.7. The Balaban J connectivity index is 2.21. The van der Waals surface area contributed by atoms with E-state index in [9.17, 15) is 0 Å². The molecule has 0 aromatic heterocycles. The highest BCUT2D eigenvalue weighted by Crippen LogP contribution is 2.19. The summed E-state index contributed by atoms with van der Waals surface area (Å²) in [6.07, 6.45) is 3.64. The van der Waals surface area contributed by atoms with Crippen molar-refractivity contribution in [2.45, 2.75) is 0 Å². The molecule has 0 saturated heterocycles. The van der Waals surface area contributed by atoms with Crippen LogP contribution >= 0.6 is 0 Å². The number of ether oxygens (including phenoxy) is 1. The van der Waals surface area contributed by atoms with E-state index in [0.717, 1.165) is 22.6 Å². The van der Waals surface area contributed by atoms with Crippen LogP contribution in [0, 0.1) is 0 Å². The Hall–Kier alpha value is -2.35. The molecule has 0 fully saturated rings. The number of nitrogens with zero attached hydrogens (tertiary/aromatic N) is 1. The standard InChI is InChI=1S/C16H15NO/c1-3-14-6-4-5-7-16(14)17-12-13-8-10-15(18-2)11-9-13/h3-12H,1H2,2H3. The number of rotatable bonds is 4. The number of hydrogen-bond donors (Lipinski definition) is 0. The molecular weight excluding hydrogens is 222 g/mol. The molecular formula is C16H15NO. The fourth-order valence-corrected chi connectivity index (χ4v) is 1.61. The van der Waals surface area contributed by atoms with Gasteiger partial charge < -0.3 is 4.74 Å². The Kier molecular flexibility index (Phi) is 3.92. The van der Waals surface area contributed by atoms with Crippen LogP contribution in [0.5, 0.6) is 5.75 Å². The first-order chi connectivity index (χ1) is 8.83. The van der Waals surface area contributed by atoms with Crippen molar-refractivity contribution in [3.63, 3.8) is 0 Å². The Labute approximate surface area is 107 Å². The Bertz CT molecular complexity index is 556. The molecule has 0 amide bonds. The molecule has 0 N–H and O–H groups in total. The predicted molar refractivity (Wildman–Crippen MR) is 76.8 cm³/mol. The van der Waals surface area contributed by atoms with Crippen LogP contribution in [0.4, 0.5) is 5.69 Å². The molecule has 2 nitrogen and oxygen atoms in total. The molecule has 0 aliphatic carbocycles. The van der Waals surface area contributed by atoms with E-state index in [1.54, 1.807) is 13.2 Å². The maximum atomic E-state index is 5.11. The van der Waals surface area contributed by atoms with Gasteiger partial charge in [-0.25, -0.2) is 0 Å². The second-order valence-electron chi connectivity index (χ2n) is 3.79. The first kappa shape index (κ1) is 12.1. The van der Waals surface area contributed by atoms with Gasteiger partial charge in [0.1, 0.15) is 5.75 Å². The number of methoxy groups -OCH3 is 1. The summed E-state index contributed by atoms with van der Waals surface area (Å²) in [4.78, 5) is 4.47. The highest BCUT2D eigenvalue weighted by Gasteiger charge is 1.95. The minimum absolute atomic E-state index is 0.846. The average molecular weight is 237 g/mol. The van der Waals surface area contributed by atoms with Crippen LogP contribution in [-0.2, 0) is 0 Å². The van der Waals surface area contributed by atoms with Gasteiger partial charge in [0, 0.05) is 6.21 Å². The summed E-state index contributed by atoms with van der Waals surface area (Å²) in [6.45, 7) is 3.78. The average Bonchev–Trinajstić information content (AvgIpc) is 2.46. The third-order valence-corrected chi connectivity index (χ3v) is 2.63.